The van der Waals surface area contributed by atoms with Crippen molar-refractivity contribution in [1.29, 1.82) is 0 Å². The Kier molecular flexibility index (Phi) is 2.91. The highest BCUT2D eigenvalue weighted by Crippen LogP contribution is 2.00. The van der Waals surface area contributed by atoms with Crippen LogP contribution in [0.15, 0.2) is 18.3 Å². The molecule has 0 atom stereocenters. The zero-order valence-electron chi connectivity index (χ0n) is 7.33. The topological polar surface area (TPSA) is 42.1 Å². The van der Waals surface area contributed by atoms with E-state index in [2.05, 4.69) is 4.98 Å². The Labute approximate surface area is 71.7 Å². The van der Waals surface area contributed by atoms with Crippen molar-refractivity contribution >= 4 is 5.97 Å². The third-order valence-electron chi connectivity index (χ3n) is 1.37. The lowest BCUT2D eigenvalue weighted by atomic mass is 10.2. The van der Waals surface area contributed by atoms with Gasteiger partial charge < -0.3 is 9.72 Å². The molecule has 0 spiro atoms. The van der Waals surface area contributed by atoms with Crippen LogP contribution in [0.3, 0.4) is 0 Å². The van der Waals surface area contributed by atoms with Gasteiger partial charge in [0.2, 0.25) is 0 Å². The third-order valence-corrected chi connectivity index (χ3v) is 1.37. The Hall–Kier alpha value is -1.25. The molecule has 1 heterocycles. The minimum atomic E-state index is -0.284. The lowest BCUT2D eigenvalue weighted by Gasteiger charge is -2.04. The number of carbonyl (C=O) groups excluding carboxylic acids is 1. The maximum absolute atomic E-state index is 11.2. The van der Waals surface area contributed by atoms with Crippen molar-refractivity contribution in [3.8, 4) is 0 Å². The molecule has 1 aromatic heterocycles. The highest BCUT2D eigenvalue weighted by atomic mass is 16.5. The van der Waals surface area contributed by atoms with Crippen molar-refractivity contribution in [1.82, 2.24) is 4.98 Å². The molecular weight excluding hydrogens is 154 g/mol. The number of esters is 1. The minimum Gasteiger partial charge on any atom is -0.461 e. The molecule has 0 fully saturated rings. The molecule has 3 nitrogen and oxygen atoms in total. The van der Waals surface area contributed by atoms with Crippen LogP contribution >= 0.6 is 0 Å². The van der Waals surface area contributed by atoms with Crippen LogP contribution in [0.5, 0.6) is 0 Å². The summed E-state index contributed by atoms with van der Waals surface area (Å²) in [5.41, 5.74) is 0.510. The molecular formula is C9H13NO2. The van der Waals surface area contributed by atoms with Crippen molar-refractivity contribution in [2.45, 2.75) is 13.8 Å². The number of aromatic nitrogens is 1. The van der Waals surface area contributed by atoms with Crippen LogP contribution in [0.25, 0.3) is 0 Å². The van der Waals surface area contributed by atoms with Crippen molar-refractivity contribution in [2.75, 3.05) is 6.61 Å². The van der Waals surface area contributed by atoms with Crippen molar-refractivity contribution < 1.29 is 9.53 Å². The summed E-state index contributed by atoms with van der Waals surface area (Å²) in [4.78, 5) is 13.9. The van der Waals surface area contributed by atoms with Gasteiger partial charge in [0.05, 0.1) is 6.61 Å². The number of aromatic amines is 1. The average Bonchev–Trinajstić information content (AvgIpc) is 2.51. The van der Waals surface area contributed by atoms with Gasteiger partial charge in [-0.15, -0.1) is 0 Å². The Morgan fingerprint density at radius 3 is 2.92 bits per heavy atom. The Morgan fingerprint density at radius 1 is 1.67 bits per heavy atom. The maximum Gasteiger partial charge on any atom is 0.354 e. The molecule has 12 heavy (non-hydrogen) atoms. The van der Waals surface area contributed by atoms with Gasteiger partial charge in [0.25, 0.3) is 0 Å². The maximum atomic E-state index is 11.2. The zero-order chi connectivity index (χ0) is 8.97. The van der Waals surface area contributed by atoms with Crippen LogP contribution in [0.2, 0.25) is 0 Å². The zero-order valence-corrected chi connectivity index (χ0v) is 7.33. The molecule has 0 aliphatic rings. The SMILES string of the molecule is CC(C)COC(=O)c1ccc[nH]1. The Balaban J connectivity index is 2.40. The van der Waals surface area contributed by atoms with E-state index in [1.54, 1.807) is 18.3 Å². The van der Waals surface area contributed by atoms with Gasteiger partial charge in [0, 0.05) is 6.20 Å². The fraction of sp³-hybridized carbons (Fsp3) is 0.444. The van der Waals surface area contributed by atoms with E-state index in [1.165, 1.54) is 0 Å². The van der Waals surface area contributed by atoms with Crippen LogP contribution in [-0.4, -0.2) is 17.6 Å². The normalized spacial score (nSPS) is 10.2. The molecule has 0 bridgehead atoms. The summed E-state index contributed by atoms with van der Waals surface area (Å²) in [5, 5.41) is 0. The number of hydrogen-bond donors (Lipinski definition) is 1. The largest absolute Gasteiger partial charge is 0.461 e. The number of ether oxygens (including phenoxy) is 1. The van der Waals surface area contributed by atoms with Gasteiger partial charge in [-0.2, -0.15) is 0 Å². The van der Waals surface area contributed by atoms with E-state index >= 15 is 0 Å². The summed E-state index contributed by atoms with van der Waals surface area (Å²) >= 11 is 0. The van der Waals surface area contributed by atoms with E-state index in [9.17, 15) is 4.79 Å². The van der Waals surface area contributed by atoms with Gasteiger partial charge in [-0.1, -0.05) is 13.8 Å². The van der Waals surface area contributed by atoms with Gasteiger partial charge in [-0.05, 0) is 18.1 Å². The van der Waals surface area contributed by atoms with Gasteiger partial charge >= 0.3 is 5.97 Å². The first-order valence-corrected chi connectivity index (χ1v) is 4.00. The smallest absolute Gasteiger partial charge is 0.354 e. The number of H-pyrrole nitrogens is 1. The van der Waals surface area contributed by atoms with Gasteiger partial charge in [0.1, 0.15) is 5.69 Å². The molecule has 0 aromatic carbocycles. The van der Waals surface area contributed by atoms with Crippen LogP contribution in [0, 0.1) is 5.92 Å². The molecule has 0 saturated heterocycles. The standard InChI is InChI=1S/C9H13NO2/c1-7(2)6-12-9(11)8-4-3-5-10-8/h3-5,7,10H,6H2,1-2H3. The first-order valence-electron chi connectivity index (χ1n) is 4.00. The summed E-state index contributed by atoms with van der Waals surface area (Å²) in [6.45, 7) is 4.47. The average molecular weight is 167 g/mol. The third kappa shape index (κ3) is 2.42. The predicted molar refractivity (Wildman–Crippen MR) is 45.9 cm³/mol. The van der Waals surface area contributed by atoms with Gasteiger partial charge in [0.15, 0.2) is 0 Å². The summed E-state index contributed by atoms with van der Waals surface area (Å²) < 4.78 is 4.98. The highest BCUT2D eigenvalue weighted by Gasteiger charge is 2.07. The predicted octanol–water partition coefficient (Wildman–Crippen LogP) is 1.83. The van der Waals surface area contributed by atoms with Gasteiger partial charge in [-0.25, -0.2) is 4.79 Å². The highest BCUT2D eigenvalue weighted by molar-refractivity contribution is 5.87. The minimum absolute atomic E-state index is 0.284. The van der Waals surface area contributed by atoms with E-state index in [0.717, 1.165) is 0 Å². The quantitative estimate of drug-likeness (QED) is 0.698. The fourth-order valence-electron chi connectivity index (χ4n) is 0.777. The summed E-state index contributed by atoms with van der Waals surface area (Å²) in [5.74, 6) is 0.0950. The molecule has 1 aromatic rings. The number of hydrogen-bond acceptors (Lipinski definition) is 2. The van der Waals surface area contributed by atoms with E-state index in [0.29, 0.717) is 18.2 Å². The van der Waals surface area contributed by atoms with E-state index < -0.39 is 0 Å². The number of rotatable bonds is 3. The molecule has 0 amide bonds. The summed E-state index contributed by atoms with van der Waals surface area (Å²) in [7, 11) is 0. The number of nitrogens with one attached hydrogen (secondary N) is 1. The Morgan fingerprint density at radius 2 is 2.42 bits per heavy atom. The molecule has 66 valence electrons. The molecule has 1 rings (SSSR count). The first kappa shape index (κ1) is 8.84. The lowest BCUT2D eigenvalue weighted by molar-refractivity contribution is 0.0453. The second-order valence-corrected chi connectivity index (χ2v) is 3.08. The lowest BCUT2D eigenvalue weighted by Crippen LogP contribution is -2.10. The fourth-order valence-corrected chi connectivity index (χ4v) is 0.777. The molecule has 0 aliphatic carbocycles. The monoisotopic (exact) mass is 167 g/mol. The molecule has 0 saturated carbocycles. The van der Waals surface area contributed by atoms with E-state index in [4.69, 9.17) is 4.74 Å². The second kappa shape index (κ2) is 3.95. The van der Waals surface area contributed by atoms with E-state index in [1.807, 2.05) is 13.8 Å². The van der Waals surface area contributed by atoms with Crippen LogP contribution in [0.4, 0.5) is 0 Å². The van der Waals surface area contributed by atoms with E-state index in [-0.39, 0.29) is 5.97 Å². The molecule has 0 aliphatic heterocycles. The first-order chi connectivity index (χ1) is 5.70. The molecule has 3 heteroatoms. The Bertz CT molecular complexity index is 239. The van der Waals surface area contributed by atoms with Crippen molar-refractivity contribution in [3.05, 3.63) is 24.0 Å². The van der Waals surface area contributed by atoms with Crippen LogP contribution in [-0.2, 0) is 4.74 Å². The van der Waals surface area contributed by atoms with Crippen LogP contribution < -0.4 is 0 Å². The molecule has 1 N–H and O–H groups in total. The van der Waals surface area contributed by atoms with Crippen molar-refractivity contribution in [2.24, 2.45) is 5.92 Å². The van der Waals surface area contributed by atoms with Crippen LogP contribution in [0.1, 0.15) is 24.3 Å². The van der Waals surface area contributed by atoms with Gasteiger partial charge in [-0.3, -0.25) is 0 Å². The number of carbonyl (C=O) groups is 1. The summed E-state index contributed by atoms with van der Waals surface area (Å²) in [6.07, 6.45) is 1.70. The van der Waals surface area contributed by atoms with Crippen molar-refractivity contribution in [3.63, 3.8) is 0 Å². The summed E-state index contributed by atoms with van der Waals surface area (Å²) in [6, 6.07) is 3.47. The molecule has 0 radical (unpaired) electrons. The molecule has 0 unspecified atom stereocenters. The second-order valence-electron chi connectivity index (χ2n) is 3.08.